The van der Waals surface area contributed by atoms with Gasteiger partial charge in [-0.25, -0.2) is 4.39 Å². The Hall–Kier alpha value is -2.72. The van der Waals surface area contributed by atoms with Crippen LogP contribution in [0.15, 0.2) is 73.1 Å². The summed E-state index contributed by atoms with van der Waals surface area (Å²) in [6.07, 6.45) is 2.97. The quantitative estimate of drug-likeness (QED) is 0.678. The zero-order valence-electron chi connectivity index (χ0n) is 13.6. The molecule has 126 valence electrons. The first-order valence-corrected chi connectivity index (χ1v) is 8.13. The number of carbonyl (C=O) groups is 1. The second-order valence-corrected chi connectivity index (χ2v) is 6.04. The Balaban J connectivity index is 2.03. The van der Waals surface area contributed by atoms with Crippen LogP contribution in [0.25, 0.3) is 0 Å². The zero-order chi connectivity index (χ0) is 17.8. The third-order valence-electron chi connectivity index (χ3n) is 4.01. The third-order valence-corrected chi connectivity index (χ3v) is 4.31. The fourth-order valence-corrected chi connectivity index (χ4v) is 2.98. The van der Waals surface area contributed by atoms with E-state index in [-0.39, 0.29) is 17.8 Å². The van der Waals surface area contributed by atoms with Crippen LogP contribution >= 0.6 is 11.6 Å². The van der Waals surface area contributed by atoms with Crippen LogP contribution in [0.2, 0.25) is 5.02 Å². The van der Waals surface area contributed by atoms with E-state index in [4.69, 9.17) is 11.6 Å². The van der Waals surface area contributed by atoms with E-state index in [1.54, 1.807) is 30.1 Å². The highest BCUT2D eigenvalue weighted by molar-refractivity contribution is 6.33. The van der Waals surface area contributed by atoms with E-state index in [2.05, 4.69) is 4.98 Å². The predicted molar refractivity (Wildman–Crippen MR) is 96.0 cm³/mol. The number of aromatic nitrogens is 1. The van der Waals surface area contributed by atoms with Crippen molar-refractivity contribution in [1.82, 2.24) is 9.88 Å². The summed E-state index contributed by atoms with van der Waals surface area (Å²) in [5, 5.41) is 0.297. The van der Waals surface area contributed by atoms with Gasteiger partial charge in [0.2, 0.25) is 0 Å². The lowest BCUT2D eigenvalue weighted by molar-refractivity contribution is 0.0755. The van der Waals surface area contributed by atoms with Crippen LogP contribution in [0.1, 0.15) is 27.5 Å². The molecule has 0 aliphatic heterocycles. The van der Waals surface area contributed by atoms with Crippen molar-refractivity contribution in [2.24, 2.45) is 0 Å². The van der Waals surface area contributed by atoms with E-state index in [1.165, 1.54) is 24.5 Å². The minimum absolute atomic E-state index is 0.231. The molecule has 3 nitrogen and oxygen atoms in total. The van der Waals surface area contributed by atoms with Crippen molar-refractivity contribution < 1.29 is 9.18 Å². The van der Waals surface area contributed by atoms with Crippen LogP contribution in [0.4, 0.5) is 4.39 Å². The van der Waals surface area contributed by atoms with Gasteiger partial charge in [-0.2, -0.15) is 0 Å². The van der Waals surface area contributed by atoms with Gasteiger partial charge in [-0.1, -0.05) is 54.1 Å². The molecule has 0 aliphatic rings. The molecule has 0 unspecified atom stereocenters. The highest BCUT2D eigenvalue weighted by Crippen LogP contribution is 2.30. The monoisotopic (exact) mass is 354 g/mol. The van der Waals surface area contributed by atoms with Crippen molar-refractivity contribution >= 4 is 17.5 Å². The smallest absolute Gasteiger partial charge is 0.256 e. The van der Waals surface area contributed by atoms with Crippen LogP contribution in [-0.2, 0) is 0 Å². The fourth-order valence-electron chi connectivity index (χ4n) is 2.78. The molecule has 1 atom stereocenters. The predicted octanol–water partition coefficient (Wildman–Crippen LogP) is 4.74. The molecule has 25 heavy (non-hydrogen) atoms. The van der Waals surface area contributed by atoms with Gasteiger partial charge in [-0.05, 0) is 29.3 Å². The average Bonchev–Trinajstić information content (AvgIpc) is 2.64. The summed E-state index contributed by atoms with van der Waals surface area (Å²) in [4.78, 5) is 18.5. The topological polar surface area (TPSA) is 33.2 Å². The lowest BCUT2D eigenvalue weighted by Gasteiger charge is -2.29. The third kappa shape index (κ3) is 3.69. The summed E-state index contributed by atoms with van der Waals surface area (Å²) in [7, 11) is 1.71. The van der Waals surface area contributed by atoms with Crippen LogP contribution in [0.3, 0.4) is 0 Å². The minimum atomic E-state index is -0.362. The normalized spacial score (nSPS) is 11.8. The second-order valence-electron chi connectivity index (χ2n) is 5.64. The molecule has 0 spiro atoms. The Morgan fingerprint density at radius 1 is 1.04 bits per heavy atom. The standard InChI is InChI=1S/C20H16ClFN2O/c1-24(20(25)17-11-12-23-13-18(17)21)19(14-5-3-2-4-6-14)15-7-9-16(22)10-8-15/h2-13,19H,1H3/t19-/m0/s1. The Morgan fingerprint density at radius 2 is 1.68 bits per heavy atom. The van der Waals surface area contributed by atoms with Gasteiger partial charge in [-0.15, -0.1) is 0 Å². The molecule has 3 aromatic rings. The molecule has 0 bridgehead atoms. The fraction of sp³-hybridized carbons (Fsp3) is 0.100. The van der Waals surface area contributed by atoms with E-state index < -0.39 is 0 Å². The molecule has 2 aromatic carbocycles. The van der Waals surface area contributed by atoms with E-state index in [9.17, 15) is 9.18 Å². The SMILES string of the molecule is CN(C(=O)c1ccncc1Cl)[C@@H](c1ccccc1)c1ccc(F)cc1. The minimum Gasteiger partial charge on any atom is -0.331 e. The number of halogens is 2. The van der Waals surface area contributed by atoms with Gasteiger partial charge in [0.05, 0.1) is 16.6 Å². The molecule has 0 aliphatic carbocycles. The van der Waals surface area contributed by atoms with Crippen LogP contribution < -0.4 is 0 Å². The summed E-state index contributed by atoms with van der Waals surface area (Å²) in [5.41, 5.74) is 2.12. The number of amides is 1. The molecule has 3 rings (SSSR count). The van der Waals surface area contributed by atoms with E-state index >= 15 is 0 Å². The van der Waals surface area contributed by atoms with E-state index in [1.807, 2.05) is 30.3 Å². The highest BCUT2D eigenvalue weighted by atomic mass is 35.5. The van der Waals surface area contributed by atoms with Crippen molar-refractivity contribution in [3.8, 4) is 0 Å². The van der Waals surface area contributed by atoms with Crippen molar-refractivity contribution in [2.75, 3.05) is 7.05 Å². The first kappa shape index (κ1) is 17.1. The lowest BCUT2D eigenvalue weighted by atomic mass is 9.97. The maximum absolute atomic E-state index is 13.3. The summed E-state index contributed by atoms with van der Waals surface area (Å²) in [6.45, 7) is 0. The average molecular weight is 355 g/mol. The van der Waals surface area contributed by atoms with Gasteiger partial charge in [0.15, 0.2) is 0 Å². The van der Waals surface area contributed by atoms with Gasteiger partial charge in [0, 0.05) is 19.4 Å². The summed E-state index contributed by atoms with van der Waals surface area (Å²) < 4.78 is 13.3. The molecule has 5 heteroatoms. The maximum atomic E-state index is 13.3. The van der Waals surface area contributed by atoms with Crippen molar-refractivity contribution in [1.29, 1.82) is 0 Å². The summed E-state index contributed by atoms with van der Waals surface area (Å²) in [6, 6.07) is 17.0. The molecular formula is C20H16ClFN2O. The van der Waals surface area contributed by atoms with Gasteiger partial charge < -0.3 is 4.90 Å². The molecule has 0 saturated heterocycles. The van der Waals surface area contributed by atoms with Crippen LogP contribution in [0, 0.1) is 5.82 Å². The first-order chi connectivity index (χ1) is 12.1. The zero-order valence-corrected chi connectivity index (χ0v) is 14.3. The van der Waals surface area contributed by atoms with Crippen molar-refractivity contribution in [2.45, 2.75) is 6.04 Å². The Labute approximate surface area is 150 Å². The number of carbonyl (C=O) groups excluding carboxylic acids is 1. The Bertz CT molecular complexity index is 868. The maximum Gasteiger partial charge on any atom is 0.256 e. The van der Waals surface area contributed by atoms with E-state index in [0.717, 1.165) is 11.1 Å². The molecular weight excluding hydrogens is 339 g/mol. The Kier molecular flexibility index (Phi) is 5.10. The number of pyridine rings is 1. The van der Waals surface area contributed by atoms with Gasteiger partial charge in [-0.3, -0.25) is 9.78 Å². The molecule has 0 fully saturated rings. The second kappa shape index (κ2) is 7.45. The summed E-state index contributed by atoms with van der Waals surface area (Å²) >= 11 is 6.12. The van der Waals surface area contributed by atoms with Gasteiger partial charge in [0.1, 0.15) is 5.82 Å². The number of benzene rings is 2. The van der Waals surface area contributed by atoms with Crippen molar-refractivity contribution in [3.63, 3.8) is 0 Å². The first-order valence-electron chi connectivity index (χ1n) is 7.75. The molecule has 0 radical (unpaired) electrons. The van der Waals surface area contributed by atoms with Crippen LogP contribution in [-0.4, -0.2) is 22.8 Å². The molecule has 1 amide bonds. The number of hydrogen-bond acceptors (Lipinski definition) is 2. The molecule has 0 saturated carbocycles. The summed E-state index contributed by atoms with van der Waals surface area (Å²) in [5.74, 6) is -0.549. The Morgan fingerprint density at radius 3 is 2.32 bits per heavy atom. The lowest BCUT2D eigenvalue weighted by Crippen LogP contribution is -2.32. The van der Waals surface area contributed by atoms with Crippen molar-refractivity contribution in [3.05, 3.63) is 101 Å². The van der Waals surface area contributed by atoms with Crippen LogP contribution in [0.5, 0.6) is 0 Å². The number of rotatable bonds is 4. The molecule has 1 aromatic heterocycles. The molecule has 0 N–H and O–H groups in total. The number of hydrogen-bond donors (Lipinski definition) is 0. The largest absolute Gasteiger partial charge is 0.331 e. The molecule has 1 heterocycles. The van der Waals surface area contributed by atoms with E-state index in [0.29, 0.717) is 10.6 Å². The number of nitrogens with zero attached hydrogens (tertiary/aromatic N) is 2. The van der Waals surface area contributed by atoms with Gasteiger partial charge >= 0.3 is 0 Å². The highest BCUT2D eigenvalue weighted by Gasteiger charge is 2.25. The van der Waals surface area contributed by atoms with Gasteiger partial charge in [0.25, 0.3) is 5.91 Å².